The van der Waals surface area contributed by atoms with Gasteiger partial charge in [0.2, 0.25) is 0 Å². The van der Waals surface area contributed by atoms with Gasteiger partial charge >= 0.3 is 0 Å². The Morgan fingerprint density at radius 2 is 1.93 bits per heavy atom. The van der Waals surface area contributed by atoms with Gasteiger partial charge in [-0.05, 0) is 33.6 Å². The molecule has 1 saturated heterocycles. The molecule has 1 heterocycles. The van der Waals surface area contributed by atoms with Crippen LogP contribution in [-0.4, -0.2) is 74.4 Å². The lowest BCUT2D eigenvalue weighted by Crippen LogP contribution is -2.48. The molecule has 82 valence electrons. The molecule has 0 saturated carbocycles. The molecule has 1 aliphatic rings. The molecule has 0 spiro atoms. The highest BCUT2D eigenvalue weighted by Gasteiger charge is 2.24. The maximum atomic E-state index is 8.01. The van der Waals surface area contributed by atoms with Crippen LogP contribution in [0.3, 0.4) is 0 Å². The second-order valence-corrected chi connectivity index (χ2v) is 4.39. The van der Waals surface area contributed by atoms with Crippen molar-refractivity contribution in [3.05, 3.63) is 0 Å². The summed E-state index contributed by atoms with van der Waals surface area (Å²) in [4.78, 5) is 6.50. The van der Waals surface area contributed by atoms with Crippen molar-refractivity contribution in [3.63, 3.8) is 0 Å². The van der Waals surface area contributed by atoms with Gasteiger partial charge in [-0.2, -0.15) is 0 Å². The van der Waals surface area contributed by atoms with Gasteiger partial charge in [0.05, 0.1) is 6.04 Å². The van der Waals surface area contributed by atoms with Gasteiger partial charge in [-0.15, -0.1) is 0 Å². The van der Waals surface area contributed by atoms with Crippen LogP contribution in [0.15, 0.2) is 0 Å². The summed E-state index contributed by atoms with van der Waals surface area (Å²) in [6.45, 7) is 3.19. The zero-order chi connectivity index (χ0) is 10.7. The van der Waals surface area contributed by atoms with E-state index in [2.05, 4.69) is 23.9 Å². The van der Waals surface area contributed by atoms with Crippen molar-refractivity contribution in [3.8, 4) is 0 Å². The molecule has 1 fully saturated rings. The first-order valence-corrected chi connectivity index (χ1v) is 5.17. The summed E-state index contributed by atoms with van der Waals surface area (Å²) in [6.07, 6.45) is 1.20. The molecule has 14 heavy (non-hydrogen) atoms. The van der Waals surface area contributed by atoms with Crippen molar-refractivity contribution in [2.24, 2.45) is 0 Å². The lowest BCUT2D eigenvalue weighted by molar-refractivity contribution is 0.265. The summed E-state index contributed by atoms with van der Waals surface area (Å²) in [5.41, 5.74) is 0. The molecule has 1 aliphatic heterocycles. The van der Waals surface area contributed by atoms with Crippen LogP contribution in [0.2, 0.25) is 0 Å². The molecule has 4 heteroatoms. The van der Waals surface area contributed by atoms with Crippen molar-refractivity contribution in [1.29, 1.82) is 5.41 Å². The van der Waals surface area contributed by atoms with Crippen molar-refractivity contribution in [1.82, 2.24) is 14.7 Å². The molecule has 1 rings (SSSR count). The summed E-state index contributed by atoms with van der Waals surface area (Å²) in [5, 5.41) is 8.01. The fraction of sp³-hybridized carbons (Fsp3) is 0.900. The first-order valence-electron chi connectivity index (χ1n) is 5.17. The second-order valence-electron chi connectivity index (χ2n) is 4.39. The average molecular weight is 198 g/mol. The number of hydrogen-bond donors (Lipinski definition) is 1. The Kier molecular flexibility index (Phi) is 3.89. The molecular formula is C10H22N4. The van der Waals surface area contributed by atoms with E-state index in [0.29, 0.717) is 5.84 Å². The van der Waals surface area contributed by atoms with Gasteiger partial charge in [0.25, 0.3) is 0 Å². The Morgan fingerprint density at radius 3 is 2.50 bits per heavy atom. The number of nitrogens with zero attached hydrogens (tertiary/aromatic N) is 3. The lowest BCUT2D eigenvalue weighted by atomic mass is 10.2. The van der Waals surface area contributed by atoms with Crippen LogP contribution in [0.5, 0.6) is 0 Å². The average Bonchev–Trinajstić information content (AvgIpc) is 2.27. The van der Waals surface area contributed by atoms with Gasteiger partial charge in [0, 0.05) is 20.6 Å². The van der Waals surface area contributed by atoms with E-state index in [0.717, 1.165) is 19.6 Å². The normalized spacial score (nSPS) is 25.9. The van der Waals surface area contributed by atoms with E-state index in [-0.39, 0.29) is 6.04 Å². The first kappa shape index (κ1) is 11.5. The van der Waals surface area contributed by atoms with Gasteiger partial charge in [-0.25, -0.2) is 0 Å². The van der Waals surface area contributed by atoms with E-state index < -0.39 is 0 Å². The van der Waals surface area contributed by atoms with E-state index in [1.54, 1.807) is 0 Å². The standard InChI is InChI=1S/C10H22N4/c1-12(2)10(11)9-8-13(3)6-5-7-14(9)4/h9,11H,5-8H2,1-4H3. The van der Waals surface area contributed by atoms with Gasteiger partial charge in [-0.1, -0.05) is 0 Å². The molecule has 0 bridgehead atoms. The highest BCUT2D eigenvalue weighted by atomic mass is 15.3. The number of likely N-dealkylation sites (N-methyl/N-ethyl adjacent to an activating group) is 3. The molecule has 1 atom stereocenters. The maximum Gasteiger partial charge on any atom is 0.114 e. The Bertz CT molecular complexity index is 202. The molecule has 4 nitrogen and oxygen atoms in total. The Morgan fingerprint density at radius 1 is 1.29 bits per heavy atom. The summed E-state index contributed by atoms with van der Waals surface area (Å²) in [5.74, 6) is 0.709. The van der Waals surface area contributed by atoms with E-state index in [1.807, 2.05) is 19.0 Å². The fourth-order valence-corrected chi connectivity index (χ4v) is 1.87. The minimum absolute atomic E-state index is 0.248. The highest BCUT2D eigenvalue weighted by Crippen LogP contribution is 2.08. The summed E-state index contributed by atoms with van der Waals surface area (Å²) in [6, 6.07) is 0.248. The third-order valence-electron chi connectivity index (χ3n) is 2.86. The Balaban J connectivity index is 2.67. The molecule has 0 aliphatic carbocycles. The van der Waals surface area contributed by atoms with Crippen molar-refractivity contribution in [2.75, 3.05) is 47.8 Å². The van der Waals surface area contributed by atoms with Gasteiger partial charge in [-0.3, -0.25) is 10.3 Å². The third kappa shape index (κ3) is 2.69. The van der Waals surface area contributed by atoms with Crippen molar-refractivity contribution >= 4 is 5.84 Å². The number of rotatable bonds is 1. The maximum absolute atomic E-state index is 8.01. The molecule has 0 amide bonds. The first-order chi connectivity index (χ1) is 6.52. The quantitative estimate of drug-likeness (QED) is 0.481. The van der Waals surface area contributed by atoms with Crippen LogP contribution in [0.25, 0.3) is 0 Å². The third-order valence-corrected chi connectivity index (χ3v) is 2.86. The SMILES string of the molecule is CN1CCCN(C)C(C(=N)N(C)C)C1. The molecule has 0 radical (unpaired) electrons. The van der Waals surface area contributed by atoms with Crippen LogP contribution in [0.4, 0.5) is 0 Å². The Labute approximate surface area is 87.0 Å². The predicted molar refractivity (Wildman–Crippen MR) is 59.9 cm³/mol. The predicted octanol–water partition coefficient (Wildman–Crippen LogP) is 0.161. The number of hydrogen-bond acceptors (Lipinski definition) is 3. The van der Waals surface area contributed by atoms with Gasteiger partial charge in [0.15, 0.2) is 0 Å². The molecule has 1 N–H and O–H groups in total. The molecular weight excluding hydrogens is 176 g/mol. The van der Waals surface area contributed by atoms with Crippen LogP contribution < -0.4 is 0 Å². The van der Waals surface area contributed by atoms with Crippen LogP contribution in [-0.2, 0) is 0 Å². The van der Waals surface area contributed by atoms with Gasteiger partial charge in [0.1, 0.15) is 5.84 Å². The fourth-order valence-electron chi connectivity index (χ4n) is 1.87. The summed E-state index contributed by atoms with van der Waals surface area (Å²) < 4.78 is 0. The van der Waals surface area contributed by atoms with E-state index in [4.69, 9.17) is 5.41 Å². The second kappa shape index (κ2) is 4.75. The largest absolute Gasteiger partial charge is 0.365 e. The van der Waals surface area contributed by atoms with Crippen molar-refractivity contribution < 1.29 is 0 Å². The lowest BCUT2D eigenvalue weighted by Gasteiger charge is -2.31. The molecule has 0 aromatic rings. The topological polar surface area (TPSA) is 33.6 Å². The van der Waals surface area contributed by atoms with E-state index in [1.165, 1.54) is 6.42 Å². The number of amidine groups is 1. The summed E-state index contributed by atoms with van der Waals surface area (Å²) in [7, 11) is 8.14. The van der Waals surface area contributed by atoms with Crippen LogP contribution >= 0.6 is 0 Å². The zero-order valence-electron chi connectivity index (χ0n) is 9.75. The monoisotopic (exact) mass is 198 g/mol. The molecule has 0 aromatic heterocycles. The smallest absolute Gasteiger partial charge is 0.114 e. The van der Waals surface area contributed by atoms with Crippen molar-refractivity contribution in [2.45, 2.75) is 12.5 Å². The summed E-state index contributed by atoms with van der Waals surface area (Å²) >= 11 is 0. The molecule has 1 unspecified atom stereocenters. The minimum Gasteiger partial charge on any atom is -0.365 e. The number of nitrogens with one attached hydrogen (secondary N) is 1. The Hall–Kier alpha value is -0.610. The molecule has 0 aromatic carbocycles. The van der Waals surface area contributed by atoms with Crippen LogP contribution in [0.1, 0.15) is 6.42 Å². The zero-order valence-corrected chi connectivity index (χ0v) is 9.75. The minimum atomic E-state index is 0.248. The highest BCUT2D eigenvalue weighted by molar-refractivity contribution is 5.84. The van der Waals surface area contributed by atoms with Crippen LogP contribution in [0, 0.1) is 5.41 Å². The van der Waals surface area contributed by atoms with E-state index >= 15 is 0 Å². The van der Waals surface area contributed by atoms with Gasteiger partial charge < -0.3 is 9.80 Å². The van der Waals surface area contributed by atoms with E-state index in [9.17, 15) is 0 Å².